The molecule has 3 fully saturated rings. The molecule has 3 aliphatic rings. The van der Waals surface area contributed by atoms with Crippen molar-refractivity contribution in [2.24, 2.45) is 41.4 Å². The molecule has 7 unspecified atom stereocenters. The van der Waals surface area contributed by atoms with Crippen LogP contribution in [0, 0.1) is 41.4 Å². The Morgan fingerprint density at radius 2 is 1.85 bits per heavy atom. The normalized spacial score (nSPS) is 59.2. The molecule has 0 aromatic rings. The molecule has 0 aromatic heterocycles. The van der Waals surface area contributed by atoms with Crippen LogP contribution in [0.5, 0.6) is 0 Å². The summed E-state index contributed by atoms with van der Waals surface area (Å²) in [6, 6.07) is 0. The van der Waals surface area contributed by atoms with E-state index in [-0.39, 0.29) is 0 Å². The monoisotopic (exact) mass is 174 g/mol. The Morgan fingerprint density at radius 1 is 1.23 bits per heavy atom. The first-order valence-corrected chi connectivity index (χ1v) is 5.95. The summed E-state index contributed by atoms with van der Waals surface area (Å²) < 4.78 is 0. The molecule has 0 amide bonds. The topological polar surface area (TPSA) is 0 Å². The SMILES string of the molecule is [B]CC(C)C1C(C)C2C3CCC3C12. The molecule has 0 bridgehead atoms. The Labute approximate surface area is 82.9 Å². The molecule has 13 heavy (non-hydrogen) atoms. The van der Waals surface area contributed by atoms with E-state index in [0.29, 0.717) is 0 Å². The molecule has 3 aliphatic carbocycles. The van der Waals surface area contributed by atoms with Crippen LogP contribution in [-0.4, -0.2) is 7.85 Å². The molecule has 0 aromatic carbocycles. The molecule has 0 spiro atoms. The van der Waals surface area contributed by atoms with Crippen molar-refractivity contribution < 1.29 is 0 Å². The van der Waals surface area contributed by atoms with E-state index in [9.17, 15) is 0 Å². The van der Waals surface area contributed by atoms with E-state index in [1.165, 1.54) is 6.42 Å². The van der Waals surface area contributed by atoms with Crippen molar-refractivity contribution in [2.75, 3.05) is 0 Å². The van der Waals surface area contributed by atoms with Gasteiger partial charge in [0.25, 0.3) is 0 Å². The molecule has 70 valence electrons. The van der Waals surface area contributed by atoms with Gasteiger partial charge in [-0.3, -0.25) is 0 Å². The van der Waals surface area contributed by atoms with Crippen molar-refractivity contribution in [3.8, 4) is 0 Å². The lowest BCUT2D eigenvalue weighted by atomic mass is 9.31. The molecule has 0 heterocycles. The van der Waals surface area contributed by atoms with Crippen LogP contribution in [0.4, 0.5) is 0 Å². The van der Waals surface area contributed by atoms with Gasteiger partial charge in [0.15, 0.2) is 0 Å². The second-order valence-corrected chi connectivity index (χ2v) is 5.71. The number of hydrogen-bond donors (Lipinski definition) is 0. The van der Waals surface area contributed by atoms with Gasteiger partial charge in [-0.1, -0.05) is 20.2 Å². The fraction of sp³-hybridized carbons (Fsp3) is 1.00. The molecule has 3 rings (SSSR count). The Bertz CT molecular complexity index is 225. The molecule has 2 radical (unpaired) electrons. The third-order valence-corrected chi connectivity index (χ3v) is 5.50. The molecule has 1 heteroatoms. The van der Waals surface area contributed by atoms with Crippen LogP contribution >= 0.6 is 0 Å². The van der Waals surface area contributed by atoms with Crippen molar-refractivity contribution in [3.05, 3.63) is 0 Å². The summed E-state index contributed by atoms with van der Waals surface area (Å²) in [5, 5.41) is 0. The lowest BCUT2D eigenvalue weighted by molar-refractivity contribution is -0.255. The van der Waals surface area contributed by atoms with E-state index in [1.54, 1.807) is 6.42 Å². The smallest absolute Gasteiger partial charge is 0.0656 e. The van der Waals surface area contributed by atoms with Crippen molar-refractivity contribution in [1.82, 2.24) is 0 Å². The van der Waals surface area contributed by atoms with Crippen LogP contribution in [0.2, 0.25) is 6.32 Å². The first kappa shape index (κ1) is 8.38. The van der Waals surface area contributed by atoms with Gasteiger partial charge in [-0.05, 0) is 54.3 Å². The first-order valence-electron chi connectivity index (χ1n) is 5.95. The molecule has 0 aliphatic heterocycles. The van der Waals surface area contributed by atoms with Gasteiger partial charge in [-0.2, -0.15) is 0 Å². The Kier molecular flexibility index (Phi) is 1.64. The Morgan fingerprint density at radius 3 is 2.38 bits per heavy atom. The molecule has 0 saturated heterocycles. The highest BCUT2D eigenvalue weighted by molar-refractivity contribution is 6.08. The molecule has 0 N–H and O–H groups in total. The quantitative estimate of drug-likeness (QED) is 0.564. The second-order valence-electron chi connectivity index (χ2n) is 5.71. The zero-order chi connectivity index (χ0) is 9.16. The van der Waals surface area contributed by atoms with Crippen LogP contribution < -0.4 is 0 Å². The van der Waals surface area contributed by atoms with Crippen molar-refractivity contribution in [3.63, 3.8) is 0 Å². The minimum absolute atomic E-state index is 0.776. The van der Waals surface area contributed by atoms with Gasteiger partial charge in [0.1, 0.15) is 0 Å². The van der Waals surface area contributed by atoms with E-state index in [2.05, 4.69) is 13.8 Å². The summed E-state index contributed by atoms with van der Waals surface area (Å²) in [5.41, 5.74) is 0. The zero-order valence-electron chi connectivity index (χ0n) is 8.74. The highest BCUT2D eigenvalue weighted by Crippen LogP contribution is 2.73. The maximum absolute atomic E-state index is 5.77. The first-order chi connectivity index (χ1) is 6.25. The summed E-state index contributed by atoms with van der Waals surface area (Å²) in [4.78, 5) is 0. The standard InChI is InChI=1S/C12H19B/c1-6(5-13)10-7(2)11-8-3-4-9(8)12(10)11/h6-12H,3-5H2,1-2H3. The zero-order valence-corrected chi connectivity index (χ0v) is 8.74. The van der Waals surface area contributed by atoms with Crippen molar-refractivity contribution in [1.29, 1.82) is 0 Å². The highest BCUT2D eigenvalue weighted by Gasteiger charge is 2.67. The fourth-order valence-corrected chi connectivity index (χ4v) is 4.73. The summed E-state index contributed by atoms with van der Waals surface area (Å²) in [6.45, 7) is 4.82. The highest BCUT2D eigenvalue weighted by atomic mass is 14.7. The van der Waals surface area contributed by atoms with Gasteiger partial charge in [-0.25, -0.2) is 0 Å². The molecule has 7 atom stereocenters. The number of rotatable bonds is 2. The second kappa shape index (κ2) is 2.55. The van der Waals surface area contributed by atoms with Gasteiger partial charge in [-0.15, -0.1) is 0 Å². The number of hydrogen-bond acceptors (Lipinski definition) is 0. The van der Waals surface area contributed by atoms with Gasteiger partial charge in [0.05, 0.1) is 7.85 Å². The number of fused-ring (bicyclic) bond motifs is 4. The lowest BCUT2D eigenvalue weighted by Gasteiger charge is -2.73. The van der Waals surface area contributed by atoms with E-state index in [1.807, 2.05) is 0 Å². The van der Waals surface area contributed by atoms with E-state index in [0.717, 1.165) is 47.7 Å². The van der Waals surface area contributed by atoms with Gasteiger partial charge in [0.2, 0.25) is 0 Å². The van der Waals surface area contributed by atoms with Gasteiger partial charge in [0, 0.05) is 0 Å². The molecular formula is C12H19B. The predicted molar refractivity (Wildman–Crippen MR) is 55.6 cm³/mol. The largest absolute Gasteiger partial charge is 0.0859 e. The summed E-state index contributed by atoms with van der Waals surface area (Å²) in [7, 11) is 5.77. The lowest BCUT2D eigenvalue weighted by Crippen LogP contribution is -2.68. The third kappa shape index (κ3) is 0.801. The van der Waals surface area contributed by atoms with Crippen LogP contribution in [0.3, 0.4) is 0 Å². The Hall–Kier alpha value is 0.0649. The van der Waals surface area contributed by atoms with Gasteiger partial charge >= 0.3 is 0 Å². The van der Waals surface area contributed by atoms with Crippen molar-refractivity contribution in [2.45, 2.75) is 33.0 Å². The fourth-order valence-electron chi connectivity index (χ4n) is 4.73. The minimum Gasteiger partial charge on any atom is -0.0859 e. The van der Waals surface area contributed by atoms with Crippen LogP contribution in [0.15, 0.2) is 0 Å². The predicted octanol–water partition coefficient (Wildman–Crippen LogP) is 2.75. The molecule has 3 saturated carbocycles. The third-order valence-electron chi connectivity index (χ3n) is 5.50. The minimum atomic E-state index is 0.776. The maximum Gasteiger partial charge on any atom is 0.0656 e. The van der Waals surface area contributed by atoms with E-state index < -0.39 is 0 Å². The van der Waals surface area contributed by atoms with Crippen LogP contribution in [-0.2, 0) is 0 Å². The average molecular weight is 174 g/mol. The Balaban J connectivity index is 1.72. The van der Waals surface area contributed by atoms with E-state index in [4.69, 9.17) is 7.85 Å². The summed E-state index contributed by atoms with van der Waals surface area (Å²) in [6.07, 6.45) is 3.97. The molecular weight excluding hydrogens is 155 g/mol. The summed E-state index contributed by atoms with van der Waals surface area (Å²) >= 11 is 0. The van der Waals surface area contributed by atoms with Crippen LogP contribution in [0.1, 0.15) is 26.7 Å². The van der Waals surface area contributed by atoms with Gasteiger partial charge < -0.3 is 0 Å². The van der Waals surface area contributed by atoms with Crippen molar-refractivity contribution >= 4 is 7.85 Å². The maximum atomic E-state index is 5.77. The van der Waals surface area contributed by atoms with E-state index >= 15 is 0 Å². The summed E-state index contributed by atoms with van der Waals surface area (Å²) in [5.74, 6) is 7.27. The van der Waals surface area contributed by atoms with Crippen LogP contribution in [0.25, 0.3) is 0 Å². The molecule has 0 nitrogen and oxygen atoms in total. The average Bonchev–Trinajstić information content (AvgIpc) is 2.10.